The number of anilines is 1. The van der Waals surface area contributed by atoms with Crippen LogP contribution in [0.2, 0.25) is 0 Å². The lowest BCUT2D eigenvalue weighted by Gasteiger charge is -1.97. The Bertz CT molecular complexity index is 623. The quantitative estimate of drug-likeness (QED) is 0.490. The number of rotatable bonds is 6. The third kappa shape index (κ3) is 5.18. The van der Waals surface area contributed by atoms with E-state index >= 15 is 0 Å². The Kier molecular flexibility index (Phi) is 6.28. The lowest BCUT2D eigenvalue weighted by atomic mass is 10.2. The molecule has 0 atom stereocenters. The molecular weight excluding hydrogens is 322 g/mol. The van der Waals surface area contributed by atoms with Crippen LogP contribution in [-0.2, 0) is 4.79 Å². The fourth-order valence-electron chi connectivity index (χ4n) is 1.48. The molecule has 0 bridgehead atoms. The molecule has 4 nitrogen and oxygen atoms in total. The summed E-state index contributed by atoms with van der Waals surface area (Å²) in [5.74, 6) is 0.738. The van der Waals surface area contributed by atoms with Crippen LogP contribution in [0.5, 0.6) is 0 Å². The van der Waals surface area contributed by atoms with Gasteiger partial charge in [-0.1, -0.05) is 42.2 Å². The monoisotopic (exact) mass is 337 g/mol. The van der Waals surface area contributed by atoms with Gasteiger partial charge >= 0.3 is 0 Å². The predicted octanol–water partition coefficient (Wildman–Crippen LogP) is 4.02. The van der Waals surface area contributed by atoms with Crippen molar-refractivity contribution in [2.45, 2.75) is 16.2 Å². The van der Waals surface area contributed by atoms with Crippen LogP contribution in [0.15, 0.2) is 39.6 Å². The molecule has 1 aromatic heterocycles. The number of hydrogen-bond donors (Lipinski definition) is 1. The zero-order chi connectivity index (χ0) is 15.1. The maximum absolute atomic E-state index is 11.8. The van der Waals surface area contributed by atoms with E-state index in [2.05, 4.69) is 22.4 Å². The molecule has 0 fully saturated rings. The molecule has 0 saturated heterocycles. The summed E-state index contributed by atoms with van der Waals surface area (Å²) >= 11 is 4.69. The number of nitrogens with one attached hydrogen (secondary N) is 1. The first kappa shape index (κ1) is 16.1. The number of amides is 1. The van der Waals surface area contributed by atoms with Crippen molar-refractivity contribution >= 4 is 52.0 Å². The van der Waals surface area contributed by atoms with E-state index in [0.717, 1.165) is 15.7 Å². The molecule has 0 aliphatic rings. The first-order chi connectivity index (χ1) is 10.2. The van der Waals surface area contributed by atoms with Crippen LogP contribution in [0.4, 0.5) is 5.13 Å². The molecule has 0 spiro atoms. The SMILES string of the molecule is CCSc1nnc(NC(=O)/C=C/c2ccc(SC)cc2)s1. The number of carbonyl (C=O) groups is 1. The van der Waals surface area contributed by atoms with E-state index in [1.807, 2.05) is 30.5 Å². The van der Waals surface area contributed by atoms with Gasteiger partial charge in [0.15, 0.2) is 4.34 Å². The highest BCUT2D eigenvalue weighted by molar-refractivity contribution is 8.01. The third-order valence-corrected chi connectivity index (χ3v) is 5.05. The highest BCUT2D eigenvalue weighted by Gasteiger charge is 2.05. The van der Waals surface area contributed by atoms with E-state index in [1.54, 1.807) is 29.6 Å². The third-order valence-electron chi connectivity index (χ3n) is 2.45. The van der Waals surface area contributed by atoms with Gasteiger partial charge in [-0.25, -0.2) is 0 Å². The fraction of sp³-hybridized carbons (Fsp3) is 0.214. The van der Waals surface area contributed by atoms with E-state index in [0.29, 0.717) is 5.13 Å². The van der Waals surface area contributed by atoms with Crippen LogP contribution in [-0.4, -0.2) is 28.1 Å². The largest absolute Gasteiger partial charge is 0.297 e. The van der Waals surface area contributed by atoms with Crippen molar-refractivity contribution < 1.29 is 4.79 Å². The van der Waals surface area contributed by atoms with Gasteiger partial charge < -0.3 is 0 Å². The lowest BCUT2D eigenvalue weighted by Crippen LogP contribution is -2.07. The number of aromatic nitrogens is 2. The molecular formula is C14H15N3OS3. The zero-order valence-electron chi connectivity index (χ0n) is 11.7. The maximum atomic E-state index is 11.8. The van der Waals surface area contributed by atoms with Gasteiger partial charge in [0.2, 0.25) is 11.0 Å². The molecule has 21 heavy (non-hydrogen) atoms. The number of nitrogens with zero attached hydrogens (tertiary/aromatic N) is 2. The standard InChI is InChI=1S/C14H15N3OS3/c1-3-20-14-17-16-13(21-14)15-12(18)9-6-10-4-7-11(19-2)8-5-10/h4-9H,3H2,1-2H3,(H,15,16,18)/b9-6+. The average molecular weight is 337 g/mol. The molecule has 2 aromatic rings. The Morgan fingerprint density at radius 3 is 2.76 bits per heavy atom. The van der Waals surface area contributed by atoms with E-state index in [-0.39, 0.29) is 5.91 Å². The van der Waals surface area contributed by atoms with Crippen LogP contribution in [0.3, 0.4) is 0 Å². The summed E-state index contributed by atoms with van der Waals surface area (Å²) in [5.41, 5.74) is 0.988. The Morgan fingerprint density at radius 1 is 1.33 bits per heavy atom. The number of thioether (sulfide) groups is 2. The lowest BCUT2D eigenvalue weighted by molar-refractivity contribution is -0.111. The van der Waals surface area contributed by atoms with Gasteiger partial charge in [0.1, 0.15) is 0 Å². The van der Waals surface area contributed by atoms with Crippen molar-refractivity contribution in [1.82, 2.24) is 10.2 Å². The van der Waals surface area contributed by atoms with Gasteiger partial charge in [0.25, 0.3) is 0 Å². The van der Waals surface area contributed by atoms with Gasteiger partial charge in [-0.05, 0) is 35.8 Å². The van der Waals surface area contributed by atoms with E-state index in [9.17, 15) is 4.79 Å². The topological polar surface area (TPSA) is 54.9 Å². The molecule has 0 saturated carbocycles. The molecule has 0 aliphatic heterocycles. The van der Waals surface area contributed by atoms with Crippen molar-refractivity contribution in [2.75, 3.05) is 17.3 Å². The maximum Gasteiger partial charge on any atom is 0.250 e. The zero-order valence-corrected chi connectivity index (χ0v) is 14.1. The average Bonchev–Trinajstić information content (AvgIpc) is 2.93. The predicted molar refractivity (Wildman–Crippen MR) is 92.2 cm³/mol. The van der Waals surface area contributed by atoms with Crippen LogP contribution < -0.4 is 5.32 Å². The Balaban J connectivity index is 1.91. The first-order valence-corrected chi connectivity index (χ1v) is 9.33. The molecule has 7 heteroatoms. The van der Waals surface area contributed by atoms with Crippen molar-refractivity contribution in [3.05, 3.63) is 35.9 Å². The minimum absolute atomic E-state index is 0.201. The Hall–Kier alpha value is -1.31. The second kappa shape index (κ2) is 8.21. The number of hydrogen-bond acceptors (Lipinski definition) is 6. The molecule has 0 aliphatic carbocycles. The Labute approximate surface area is 136 Å². The first-order valence-electron chi connectivity index (χ1n) is 6.30. The molecule has 1 N–H and O–H groups in total. The molecule has 0 unspecified atom stereocenters. The smallest absolute Gasteiger partial charge is 0.250 e. The van der Waals surface area contributed by atoms with E-state index in [4.69, 9.17) is 0 Å². The molecule has 2 rings (SSSR count). The normalized spacial score (nSPS) is 11.0. The van der Waals surface area contributed by atoms with Crippen molar-refractivity contribution in [3.8, 4) is 0 Å². The fourth-order valence-corrected chi connectivity index (χ4v) is 3.54. The summed E-state index contributed by atoms with van der Waals surface area (Å²) in [6.45, 7) is 2.05. The van der Waals surface area contributed by atoms with Gasteiger partial charge in [0, 0.05) is 11.0 Å². The number of carbonyl (C=O) groups excluding carboxylic acids is 1. The van der Waals surface area contributed by atoms with E-state index < -0.39 is 0 Å². The Morgan fingerprint density at radius 2 is 2.10 bits per heavy atom. The van der Waals surface area contributed by atoms with E-state index in [1.165, 1.54) is 22.3 Å². The van der Waals surface area contributed by atoms with Gasteiger partial charge in [0.05, 0.1) is 0 Å². The summed E-state index contributed by atoms with van der Waals surface area (Å²) in [4.78, 5) is 13.0. The minimum Gasteiger partial charge on any atom is -0.297 e. The molecule has 1 aromatic carbocycles. The second-order valence-corrected chi connectivity index (χ2v) is 7.27. The van der Waals surface area contributed by atoms with Gasteiger partial charge in [-0.3, -0.25) is 10.1 Å². The summed E-state index contributed by atoms with van der Waals surface area (Å²) in [5, 5.41) is 11.2. The van der Waals surface area contributed by atoms with Gasteiger partial charge in [-0.2, -0.15) is 0 Å². The van der Waals surface area contributed by atoms with Crippen LogP contribution in [0.25, 0.3) is 6.08 Å². The van der Waals surface area contributed by atoms with Crippen molar-refractivity contribution in [2.24, 2.45) is 0 Å². The number of benzene rings is 1. The summed E-state index contributed by atoms with van der Waals surface area (Å²) in [6.07, 6.45) is 5.32. The second-order valence-electron chi connectivity index (χ2n) is 3.90. The van der Waals surface area contributed by atoms with Crippen LogP contribution >= 0.6 is 34.9 Å². The highest BCUT2D eigenvalue weighted by Crippen LogP contribution is 2.24. The minimum atomic E-state index is -0.201. The van der Waals surface area contributed by atoms with Crippen LogP contribution in [0, 0.1) is 0 Å². The van der Waals surface area contributed by atoms with Crippen molar-refractivity contribution in [1.29, 1.82) is 0 Å². The van der Waals surface area contributed by atoms with Crippen LogP contribution in [0.1, 0.15) is 12.5 Å². The summed E-state index contributed by atoms with van der Waals surface area (Å²) in [6, 6.07) is 8.02. The van der Waals surface area contributed by atoms with Gasteiger partial charge in [-0.15, -0.1) is 22.0 Å². The molecule has 110 valence electrons. The summed E-state index contributed by atoms with van der Waals surface area (Å²) < 4.78 is 0.865. The molecule has 1 amide bonds. The molecule has 0 radical (unpaired) electrons. The summed E-state index contributed by atoms with van der Waals surface area (Å²) in [7, 11) is 0. The molecule has 1 heterocycles. The van der Waals surface area contributed by atoms with Crippen molar-refractivity contribution in [3.63, 3.8) is 0 Å². The highest BCUT2D eigenvalue weighted by atomic mass is 32.2.